The average molecular weight is 313 g/mol. The molecular weight excluding hydrogens is 290 g/mol. The Balaban J connectivity index is 2.27. The Morgan fingerprint density at radius 2 is 1.90 bits per heavy atom. The number of amides is 1. The van der Waals surface area contributed by atoms with E-state index in [1.54, 1.807) is 18.2 Å². The highest BCUT2D eigenvalue weighted by Crippen LogP contribution is 2.10. The fourth-order valence-electron chi connectivity index (χ4n) is 1.68. The molecule has 1 aromatic rings. The lowest BCUT2D eigenvalue weighted by Gasteiger charge is -2.08. The van der Waals surface area contributed by atoms with Crippen LogP contribution in [0, 0.1) is 0 Å². The van der Waals surface area contributed by atoms with Gasteiger partial charge in [0.1, 0.15) is 0 Å². The zero-order valence-electron chi connectivity index (χ0n) is 12.5. The minimum absolute atomic E-state index is 0.0255. The second-order valence-electron chi connectivity index (χ2n) is 5.00. The van der Waals surface area contributed by atoms with Crippen molar-refractivity contribution >= 4 is 15.7 Å². The number of hydrogen-bond acceptors (Lipinski definition) is 4. The van der Waals surface area contributed by atoms with Crippen LogP contribution < -0.4 is 5.32 Å². The normalized spacial score (nSPS) is 11.6. The van der Waals surface area contributed by atoms with E-state index in [1.807, 2.05) is 13.8 Å². The van der Waals surface area contributed by atoms with Gasteiger partial charge in [0.15, 0.2) is 9.84 Å². The van der Waals surface area contributed by atoms with Crippen molar-refractivity contribution in [2.24, 2.45) is 0 Å². The van der Waals surface area contributed by atoms with Crippen molar-refractivity contribution in [2.45, 2.75) is 37.7 Å². The van der Waals surface area contributed by atoms with Gasteiger partial charge >= 0.3 is 0 Å². The quantitative estimate of drug-likeness (QED) is 0.705. The molecule has 21 heavy (non-hydrogen) atoms. The molecule has 1 N–H and O–H groups in total. The summed E-state index contributed by atoms with van der Waals surface area (Å²) in [5, 5.41) is 2.70. The Labute approximate surface area is 126 Å². The van der Waals surface area contributed by atoms with E-state index in [4.69, 9.17) is 4.74 Å². The van der Waals surface area contributed by atoms with Gasteiger partial charge < -0.3 is 10.1 Å². The van der Waals surface area contributed by atoms with Gasteiger partial charge in [-0.2, -0.15) is 0 Å². The zero-order valence-corrected chi connectivity index (χ0v) is 13.4. The minimum atomic E-state index is -3.39. The molecule has 0 fully saturated rings. The van der Waals surface area contributed by atoms with Gasteiger partial charge in [-0.3, -0.25) is 4.79 Å². The van der Waals surface area contributed by atoms with Gasteiger partial charge in [0.05, 0.1) is 16.8 Å². The molecule has 0 spiro atoms. The van der Waals surface area contributed by atoms with Gasteiger partial charge in [0.2, 0.25) is 5.91 Å². The number of rotatable bonds is 9. The van der Waals surface area contributed by atoms with Gasteiger partial charge in [0.25, 0.3) is 0 Å². The lowest BCUT2D eigenvalue weighted by molar-refractivity contribution is -0.120. The fraction of sp³-hybridized carbons (Fsp3) is 0.533. The van der Waals surface area contributed by atoms with Gasteiger partial charge in [0, 0.05) is 19.6 Å². The molecule has 1 amide bonds. The van der Waals surface area contributed by atoms with Crippen LogP contribution in [-0.2, 0) is 19.4 Å². The van der Waals surface area contributed by atoms with E-state index in [9.17, 15) is 13.2 Å². The molecule has 0 unspecified atom stereocenters. The molecule has 0 saturated carbocycles. The molecule has 0 aliphatic heterocycles. The highest BCUT2D eigenvalue weighted by molar-refractivity contribution is 7.91. The molecule has 0 radical (unpaired) electrons. The number of carbonyl (C=O) groups is 1. The second-order valence-corrected chi connectivity index (χ2v) is 7.11. The van der Waals surface area contributed by atoms with Crippen molar-refractivity contribution < 1.29 is 17.9 Å². The third-order valence-electron chi connectivity index (χ3n) is 2.79. The molecule has 0 bridgehead atoms. The first kappa shape index (κ1) is 17.7. The summed E-state index contributed by atoms with van der Waals surface area (Å²) < 4.78 is 29.3. The van der Waals surface area contributed by atoms with Crippen LogP contribution in [0.25, 0.3) is 0 Å². The predicted octanol–water partition coefficient (Wildman–Crippen LogP) is 1.78. The SMILES string of the molecule is CC(C)OCCCNC(=O)CCS(=O)(=O)c1ccccc1. The van der Waals surface area contributed by atoms with Crippen LogP contribution in [0.3, 0.4) is 0 Å². The minimum Gasteiger partial charge on any atom is -0.379 e. The van der Waals surface area contributed by atoms with E-state index in [0.717, 1.165) is 6.42 Å². The van der Waals surface area contributed by atoms with Crippen molar-refractivity contribution in [2.75, 3.05) is 18.9 Å². The summed E-state index contributed by atoms with van der Waals surface area (Å²) in [6, 6.07) is 8.17. The van der Waals surface area contributed by atoms with Crippen LogP contribution in [0.1, 0.15) is 26.7 Å². The van der Waals surface area contributed by atoms with E-state index in [-0.39, 0.29) is 29.1 Å². The first-order chi connectivity index (χ1) is 9.92. The number of sulfone groups is 1. The fourth-order valence-corrected chi connectivity index (χ4v) is 2.94. The van der Waals surface area contributed by atoms with Crippen molar-refractivity contribution in [3.05, 3.63) is 30.3 Å². The Morgan fingerprint density at radius 1 is 1.24 bits per heavy atom. The lowest BCUT2D eigenvalue weighted by atomic mass is 10.4. The molecular formula is C15H23NO4S. The van der Waals surface area contributed by atoms with Gasteiger partial charge in [-0.1, -0.05) is 18.2 Å². The molecule has 0 aromatic heterocycles. The number of carbonyl (C=O) groups excluding carboxylic acids is 1. The molecule has 1 rings (SSSR count). The van der Waals surface area contributed by atoms with Gasteiger partial charge in [-0.15, -0.1) is 0 Å². The molecule has 0 aliphatic rings. The summed E-state index contributed by atoms with van der Waals surface area (Å²) >= 11 is 0. The third kappa shape index (κ3) is 7.24. The predicted molar refractivity (Wildman–Crippen MR) is 81.8 cm³/mol. The summed E-state index contributed by atoms with van der Waals surface area (Å²) in [4.78, 5) is 11.9. The maximum absolute atomic E-state index is 12.0. The Bertz CT molecular complexity index is 526. The van der Waals surface area contributed by atoms with Gasteiger partial charge in [-0.25, -0.2) is 8.42 Å². The number of ether oxygens (including phenoxy) is 1. The van der Waals surface area contributed by atoms with Crippen molar-refractivity contribution in [1.82, 2.24) is 5.32 Å². The first-order valence-corrected chi connectivity index (χ1v) is 8.73. The smallest absolute Gasteiger partial charge is 0.221 e. The van der Waals surface area contributed by atoms with E-state index < -0.39 is 9.84 Å². The summed E-state index contributed by atoms with van der Waals surface area (Å²) in [6.45, 7) is 4.98. The van der Waals surface area contributed by atoms with Crippen LogP contribution >= 0.6 is 0 Å². The van der Waals surface area contributed by atoms with Crippen LogP contribution in [-0.4, -0.2) is 39.3 Å². The molecule has 6 heteroatoms. The van der Waals surface area contributed by atoms with E-state index in [1.165, 1.54) is 12.1 Å². The number of nitrogens with one attached hydrogen (secondary N) is 1. The average Bonchev–Trinajstić information content (AvgIpc) is 2.45. The van der Waals surface area contributed by atoms with E-state index in [0.29, 0.717) is 13.2 Å². The highest BCUT2D eigenvalue weighted by atomic mass is 32.2. The van der Waals surface area contributed by atoms with Crippen LogP contribution in [0.5, 0.6) is 0 Å². The topological polar surface area (TPSA) is 72.5 Å². The summed E-state index contributed by atoms with van der Waals surface area (Å²) in [7, 11) is -3.39. The summed E-state index contributed by atoms with van der Waals surface area (Å²) in [5.41, 5.74) is 0. The van der Waals surface area contributed by atoms with Crippen molar-refractivity contribution in [3.8, 4) is 0 Å². The zero-order chi connectivity index (χ0) is 15.7. The Morgan fingerprint density at radius 3 is 2.52 bits per heavy atom. The Hall–Kier alpha value is -1.40. The molecule has 0 saturated heterocycles. The van der Waals surface area contributed by atoms with Crippen LogP contribution in [0.2, 0.25) is 0 Å². The molecule has 5 nitrogen and oxygen atoms in total. The second kappa shape index (κ2) is 8.79. The molecule has 1 aromatic carbocycles. The third-order valence-corrected chi connectivity index (χ3v) is 4.53. The maximum Gasteiger partial charge on any atom is 0.221 e. The standard InChI is InChI=1S/C15H23NO4S/c1-13(2)20-11-6-10-16-15(17)9-12-21(18,19)14-7-4-3-5-8-14/h3-5,7-8,13H,6,9-12H2,1-2H3,(H,16,17). The summed E-state index contributed by atoms with van der Waals surface area (Å²) in [6.07, 6.45) is 0.870. The Kier molecular flexibility index (Phi) is 7.39. The lowest BCUT2D eigenvalue weighted by Crippen LogP contribution is -2.27. The van der Waals surface area contributed by atoms with E-state index >= 15 is 0 Å². The van der Waals surface area contributed by atoms with Crippen molar-refractivity contribution in [3.63, 3.8) is 0 Å². The molecule has 0 aliphatic carbocycles. The highest BCUT2D eigenvalue weighted by Gasteiger charge is 2.15. The number of benzene rings is 1. The number of hydrogen-bond donors (Lipinski definition) is 1. The molecule has 118 valence electrons. The van der Waals surface area contributed by atoms with Gasteiger partial charge in [-0.05, 0) is 32.4 Å². The molecule has 0 atom stereocenters. The van der Waals surface area contributed by atoms with E-state index in [2.05, 4.69) is 5.32 Å². The van der Waals surface area contributed by atoms with Crippen molar-refractivity contribution in [1.29, 1.82) is 0 Å². The first-order valence-electron chi connectivity index (χ1n) is 7.08. The largest absolute Gasteiger partial charge is 0.379 e. The monoisotopic (exact) mass is 313 g/mol. The summed E-state index contributed by atoms with van der Waals surface area (Å²) in [5.74, 6) is -0.426. The maximum atomic E-state index is 12.0. The van der Waals surface area contributed by atoms with Crippen LogP contribution in [0.4, 0.5) is 0 Å². The van der Waals surface area contributed by atoms with Crippen LogP contribution in [0.15, 0.2) is 35.2 Å². The molecule has 0 heterocycles.